The summed E-state index contributed by atoms with van der Waals surface area (Å²) in [4.78, 5) is 15.9. The van der Waals surface area contributed by atoms with Gasteiger partial charge in [0, 0.05) is 11.5 Å². The van der Waals surface area contributed by atoms with Crippen molar-refractivity contribution in [1.82, 2.24) is 15.5 Å². The van der Waals surface area contributed by atoms with Crippen LogP contribution in [0.5, 0.6) is 0 Å². The van der Waals surface area contributed by atoms with Gasteiger partial charge in [-0.2, -0.15) is 4.98 Å². The van der Waals surface area contributed by atoms with Gasteiger partial charge in [0.05, 0.1) is 6.54 Å². The number of carbonyl (C=O) groups is 1. The number of hydrogen-bond acceptors (Lipinski definition) is 4. The van der Waals surface area contributed by atoms with Crippen LogP contribution in [0.15, 0.2) is 34.9 Å². The Morgan fingerprint density at radius 2 is 2.06 bits per heavy atom. The molecule has 0 aliphatic carbocycles. The lowest BCUT2D eigenvalue weighted by Gasteiger charge is -2.01. The van der Waals surface area contributed by atoms with E-state index >= 15 is 0 Å². The number of carbonyl (C=O) groups excluding carboxylic acids is 1. The van der Waals surface area contributed by atoms with Gasteiger partial charge in [-0.15, -0.1) is 0 Å². The van der Waals surface area contributed by atoms with Crippen LogP contribution in [-0.4, -0.2) is 16.0 Å². The fourth-order valence-corrected chi connectivity index (χ4v) is 1.42. The van der Waals surface area contributed by atoms with Crippen molar-refractivity contribution < 1.29 is 9.32 Å². The van der Waals surface area contributed by atoms with Crippen LogP contribution in [0, 0.1) is 0 Å². The molecule has 0 spiro atoms. The summed E-state index contributed by atoms with van der Waals surface area (Å²) in [5.74, 6) is 1.12. The van der Waals surface area contributed by atoms with Gasteiger partial charge in [-0.1, -0.05) is 37.2 Å². The molecule has 0 atom stereocenters. The van der Waals surface area contributed by atoms with Gasteiger partial charge >= 0.3 is 0 Å². The van der Waals surface area contributed by atoms with Gasteiger partial charge in [-0.25, -0.2) is 0 Å². The monoisotopic (exact) mass is 245 g/mol. The Hall–Kier alpha value is -2.17. The third-order valence-corrected chi connectivity index (χ3v) is 2.42. The molecule has 0 saturated heterocycles. The molecule has 1 aromatic carbocycles. The van der Waals surface area contributed by atoms with Crippen molar-refractivity contribution in [3.8, 4) is 0 Å². The molecule has 0 radical (unpaired) electrons. The first kappa shape index (κ1) is 12.3. The summed E-state index contributed by atoms with van der Waals surface area (Å²) in [5.41, 5.74) is 0.616. The summed E-state index contributed by atoms with van der Waals surface area (Å²) < 4.78 is 5.05. The van der Waals surface area contributed by atoms with Crippen molar-refractivity contribution in [2.75, 3.05) is 0 Å². The predicted octanol–water partition coefficient (Wildman–Crippen LogP) is 2.12. The van der Waals surface area contributed by atoms with Crippen LogP contribution in [0.2, 0.25) is 0 Å². The quantitative estimate of drug-likeness (QED) is 0.895. The second-order valence-electron chi connectivity index (χ2n) is 4.25. The largest absolute Gasteiger partial charge is 0.345 e. The summed E-state index contributed by atoms with van der Waals surface area (Å²) in [7, 11) is 0. The molecule has 0 saturated carbocycles. The fourth-order valence-electron chi connectivity index (χ4n) is 1.42. The van der Waals surface area contributed by atoms with E-state index in [9.17, 15) is 4.79 Å². The molecule has 1 heterocycles. The van der Waals surface area contributed by atoms with E-state index < -0.39 is 0 Å². The molecule has 1 amide bonds. The van der Waals surface area contributed by atoms with Gasteiger partial charge in [0.15, 0.2) is 5.82 Å². The normalized spacial score (nSPS) is 10.6. The Balaban J connectivity index is 1.93. The van der Waals surface area contributed by atoms with Gasteiger partial charge in [0.1, 0.15) is 0 Å². The summed E-state index contributed by atoms with van der Waals surface area (Å²) in [5, 5.41) is 6.55. The van der Waals surface area contributed by atoms with Crippen LogP contribution in [0.3, 0.4) is 0 Å². The molecular weight excluding hydrogens is 230 g/mol. The molecular formula is C13H15N3O2. The topological polar surface area (TPSA) is 68.0 Å². The molecule has 0 aliphatic heterocycles. The Morgan fingerprint density at radius 1 is 1.33 bits per heavy atom. The molecule has 1 N–H and O–H groups in total. The van der Waals surface area contributed by atoms with E-state index in [1.807, 2.05) is 32.0 Å². The highest BCUT2D eigenvalue weighted by atomic mass is 16.5. The Morgan fingerprint density at radius 3 is 2.67 bits per heavy atom. The van der Waals surface area contributed by atoms with Gasteiger partial charge < -0.3 is 9.84 Å². The maximum absolute atomic E-state index is 11.8. The van der Waals surface area contributed by atoms with E-state index in [-0.39, 0.29) is 18.4 Å². The van der Waals surface area contributed by atoms with Crippen LogP contribution < -0.4 is 5.32 Å². The fraction of sp³-hybridized carbons (Fsp3) is 0.308. The molecule has 0 fully saturated rings. The molecule has 5 nitrogen and oxygen atoms in total. The lowest BCUT2D eigenvalue weighted by Crippen LogP contribution is -2.23. The van der Waals surface area contributed by atoms with Crippen LogP contribution in [0.1, 0.15) is 41.8 Å². The van der Waals surface area contributed by atoms with Crippen molar-refractivity contribution in [2.45, 2.75) is 26.3 Å². The maximum atomic E-state index is 11.8. The molecule has 0 bridgehead atoms. The highest BCUT2D eigenvalue weighted by Gasteiger charge is 2.11. The smallest absolute Gasteiger partial charge is 0.251 e. The van der Waals surface area contributed by atoms with Crippen LogP contribution in [0.4, 0.5) is 0 Å². The third-order valence-electron chi connectivity index (χ3n) is 2.42. The number of nitrogens with zero attached hydrogens (tertiary/aromatic N) is 2. The minimum atomic E-state index is -0.147. The van der Waals surface area contributed by atoms with E-state index in [1.54, 1.807) is 12.1 Å². The predicted molar refractivity (Wildman–Crippen MR) is 66.0 cm³/mol. The van der Waals surface area contributed by atoms with E-state index in [4.69, 9.17) is 4.52 Å². The molecule has 1 aromatic heterocycles. The van der Waals surface area contributed by atoms with Crippen molar-refractivity contribution >= 4 is 5.91 Å². The van der Waals surface area contributed by atoms with Crippen molar-refractivity contribution in [3.63, 3.8) is 0 Å². The van der Waals surface area contributed by atoms with Gasteiger partial charge in [0.25, 0.3) is 5.91 Å². The zero-order valence-electron chi connectivity index (χ0n) is 10.4. The molecule has 0 unspecified atom stereocenters. The summed E-state index contributed by atoms with van der Waals surface area (Å²) >= 11 is 0. The van der Waals surface area contributed by atoms with Crippen molar-refractivity contribution in [1.29, 1.82) is 0 Å². The summed E-state index contributed by atoms with van der Waals surface area (Å²) in [6.07, 6.45) is 0. The Kier molecular flexibility index (Phi) is 3.72. The first-order chi connectivity index (χ1) is 8.66. The average molecular weight is 245 g/mol. The van der Waals surface area contributed by atoms with Crippen molar-refractivity contribution in [2.24, 2.45) is 0 Å². The number of amides is 1. The number of hydrogen-bond donors (Lipinski definition) is 1. The van der Waals surface area contributed by atoms with E-state index in [2.05, 4.69) is 15.5 Å². The van der Waals surface area contributed by atoms with E-state index in [0.29, 0.717) is 17.3 Å². The van der Waals surface area contributed by atoms with Gasteiger partial charge in [0.2, 0.25) is 5.89 Å². The summed E-state index contributed by atoms with van der Waals surface area (Å²) in [6.45, 7) is 4.21. The standard InChI is InChI=1S/C13H15N3O2/c1-9(2)13-15-11(16-18-13)8-14-12(17)10-6-4-3-5-7-10/h3-7,9H,8H2,1-2H3,(H,14,17). The third kappa shape index (κ3) is 2.94. The highest BCUT2D eigenvalue weighted by Crippen LogP contribution is 2.10. The number of rotatable bonds is 4. The maximum Gasteiger partial charge on any atom is 0.251 e. The van der Waals surface area contributed by atoms with Crippen molar-refractivity contribution in [3.05, 3.63) is 47.6 Å². The SMILES string of the molecule is CC(C)c1nc(CNC(=O)c2ccccc2)no1. The minimum absolute atomic E-state index is 0.147. The zero-order valence-corrected chi connectivity index (χ0v) is 10.4. The lowest BCUT2D eigenvalue weighted by atomic mass is 10.2. The second-order valence-corrected chi connectivity index (χ2v) is 4.25. The average Bonchev–Trinajstić information content (AvgIpc) is 2.86. The van der Waals surface area contributed by atoms with Crippen LogP contribution in [0.25, 0.3) is 0 Å². The second kappa shape index (κ2) is 5.44. The Bertz CT molecular complexity index is 520. The minimum Gasteiger partial charge on any atom is -0.345 e. The molecule has 5 heteroatoms. The van der Waals surface area contributed by atoms with Gasteiger partial charge in [-0.3, -0.25) is 4.79 Å². The van der Waals surface area contributed by atoms with Crippen LogP contribution >= 0.6 is 0 Å². The first-order valence-corrected chi connectivity index (χ1v) is 5.82. The molecule has 2 aromatic rings. The molecule has 94 valence electrons. The van der Waals surface area contributed by atoms with E-state index in [0.717, 1.165) is 0 Å². The molecule has 18 heavy (non-hydrogen) atoms. The van der Waals surface area contributed by atoms with Crippen LogP contribution in [-0.2, 0) is 6.54 Å². The lowest BCUT2D eigenvalue weighted by molar-refractivity contribution is 0.0949. The first-order valence-electron chi connectivity index (χ1n) is 5.82. The number of aromatic nitrogens is 2. The summed E-state index contributed by atoms with van der Waals surface area (Å²) in [6, 6.07) is 9.02. The molecule has 0 aliphatic rings. The zero-order chi connectivity index (χ0) is 13.0. The molecule has 2 rings (SSSR count). The Labute approximate surface area is 105 Å². The number of nitrogens with one attached hydrogen (secondary N) is 1. The highest BCUT2D eigenvalue weighted by molar-refractivity contribution is 5.93. The van der Waals surface area contributed by atoms with Gasteiger partial charge in [-0.05, 0) is 12.1 Å². The number of benzene rings is 1. The van der Waals surface area contributed by atoms with E-state index in [1.165, 1.54) is 0 Å².